The Hall–Kier alpha value is 0.650. The molecule has 0 aromatic carbocycles. The number of methoxy groups -OCH3 is 1. The topological polar surface area (TPSA) is 18.5 Å². The first kappa shape index (κ1) is 13.7. The van der Waals surface area contributed by atoms with Crippen molar-refractivity contribution >= 4 is 22.6 Å². The molecule has 3 heteroatoms. The van der Waals surface area contributed by atoms with Crippen LogP contribution in [0.25, 0.3) is 0 Å². The molecule has 0 unspecified atom stereocenters. The molecule has 0 aromatic heterocycles. The van der Waals surface area contributed by atoms with Crippen LogP contribution in [0.15, 0.2) is 0 Å². The number of hydrogen-bond donors (Lipinski definition) is 0. The lowest BCUT2D eigenvalue weighted by atomic mass is 9.97. The van der Waals surface area contributed by atoms with Crippen LogP contribution in [0.2, 0.25) is 0 Å². The quantitative estimate of drug-likeness (QED) is 0.322. The second-order valence-corrected chi connectivity index (χ2v) is 5.19. The summed E-state index contributed by atoms with van der Waals surface area (Å²) in [5, 5.41) is 0. The summed E-state index contributed by atoms with van der Waals surface area (Å²) in [4.78, 5) is 0. The van der Waals surface area contributed by atoms with Gasteiger partial charge < -0.3 is 9.47 Å². The van der Waals surface area contributed by atoms with Gasteiger partial charge in [0.2, 0.25) is 0 Å². The SMILES string of the molecule is COCCCOC1(CI)CCCCCC1. The summed E-state index contributed by atoms with van der Waals surface area (Å²) in [7, 11) is 1.75. The van der Waals surface area contributed by atoms with Crippen LogP contribution in [0.5, 0.6) is 0 Å². The molecule has 0 heterocycles. The Bertz CT molecular complexity index is 154. The molecule has 90 valence electrons. The molecule has 1 rings (SSSR count). The van der Waals surface area contributed by atoms with Gasteiger partial charge in [-0.1, -0.05) is 48.3 Å². The molecule has 0 radical (unpaired) electrons. The van der Waals surface area contributed by atoms with Gasteiger partial charge in [-0.15, -0.1) is 0 Å². The van der Waals surface area contributed by atoms with Gasteiger partial charge >= 0.3 is 0 Å². The summed E-state index contributed by atoms with van der Waals surface area (Å²) in [6, 6.07) is 0. The normalized spacial score (nSPS) is 21.2. The number of alkyl halides is 1. The molecule has 0 aliphatic heterocycles. The number of halogens is 1. The molecule has 0 N–H and O–H groups in total. The molecule has 2 nitrogen and oxygen atoms in total. The van der Waals surface area contributed by atoms with Crippen molar-refractivity contribution in [3.05, 3.63) is 0 Å². The van der Waals surface area contributed by atoms with Gasteiger partial charge in [0.25, 0.3) is 0 Å². The highest BCUT2D eigenvalue weighted by Crippen LogP contribution is 2.32. The number of rotatable bonds is 6. The predicted molar refractivity (Wildman–Crippen MR) is 71.8 cm³/mol. The monoisotopic (exact) mass is 326 g/mol. The third kappa shape index (κ3) is 5.00. The molecule has 1 saturated carbocycles. The van der Waals surface area contributed by atoms with Crippen molar-refractivity contribution in [2.24, 2.45) is 0 Å². The molecule has 0 aromatic rings. The van der Waals surface area contributed by atoms with E-state index in [2.05, 4.69) is 22.6 Å². The standard InChI is InChI=1S/C12H23IO2/c1-14-9-6-10-15-12(11-13)7-4-2-3-5-8-12/h2-11H2,1H3. The van der Waals surface area contributed by atoms with Crippen molar-refractivity contribution < 1.29 is 9.47 Å². The lowest BCUT2D eigenvalue weighted by Crippen LogP contribution is -2.34. The van der Waals surface area contributed by atoms with E-state index in [1.54, 1.807) is 7.11 Å². The van der Waals surface area contributed by atoms with Crippen molar-refractivity contribution in [1.29, 1.82) is 0 Å². The average molecular weight is 326 g/mol. The van der Waals surface area contributed by atoms with Gasteiger partial charge in [0, 0.05) is 24.8 Å². The van der Waals surface area contributed by atoms with Crippen molar-refractivity contribution in [3.63, 3.8) is 0 Å². The van der Waals surface area contributed by atoms with Crippen LogP contribution >= 0.6 is 22.6 Å². The fraction of sp³-hybridized carbons (Fsp3) is 1.00. The number of hydrogen-bond acceptors (Lipinski definition) is 2. The third-order valence-electron chi connectivity index (χ3n) is 3.16. The van der Waals surface area contributed by atoms with E-state index in [0.29, 0.717) is 0 Å². The van der Waals surface area contributed by atoms with Crippen LogP contribution in [0.3, 0.4) is 0 Å². The first-order chi connectivity index (χ1) is 7.33. The smallest absolute Gasteiger partial charge is 0.0771 e. The summed E-state index contributed by atoms with van der Waals surface area (Å²) < 4.78 is 12.3. The van der Waals surface area contributed by atoms with E-state index < -0.39 is 0 Å². The van der Waals surface area contributed by atoms with Crippen molar-refractivity contribution in [2.75, 3.05) is 24.8 Å². The van der Waals surface area contributed by atoms with E-state index in [1.165, 1.54) is 38.5 Å². The Morgan fingerprint density at radius 2 is 1.73 bits per heavy atom. The van der Waals surface area contributed by atoms with E-state index >= 15 is 0 Å². The largest absolute Gasteiger partial charge is 0.385 e. The zero-order valence-corrected chi connectivity index (χ0v) is 11.9. The molecule has 1 fully saturated rings. The lowest BCUT2D eigenvalue weighted by Gasteiger charge is -2.31. The Morgan fingerprint density at radius 3 is 2.27 bits per heavy atom. The van der Waals surface area contributed by atoms with Gasteiger partial charge in [0.1, 0.15) is 0 Å². The van der Waals surface area contributed by atoms with Gasteiger partial charge in [-0.25, -0.2) is 0 Å². The molecular formula is C12H23IO2. The van der Waals surface area contributed by atoms with Crippen LogP contribution < -0.4 is 0 Å². The molecule has 15 heavy (non-hydrogen) atoms. The minimum absolute atomic E-state index is 0.185. The van der Waals surface area contributed by atoms with Crippen LogP contribution in [0.4, 0.5) is 0 Å². The summed E-state index contributed by atoms with van der Waals surface area (Å²) >= 11 is 2.48. The Kier molecular flexibility index (Phi) is 7.17. The van der Waals surface area contributed by atoms with E-state index in [-0.39, 0.29) is 5.60 Å². The summed E-state index contributed by atoms with van der Waals surface area (Å²) in [6.45, 7) is 1.67. The van der Waals surface area contributed by atoms with Gasteiger partial charge in [-0.3, -0.25) is 0 Å². The molecule has 0 atom stereocenters. The van der Waals surface area contributed by atoms with Crippen molar-refractivity contribution in [1.82, 2.24) is 0 Å². The molecule has 0 amide bonds. The third-order valence-corrected chi connectivity index (χ3v) is 4.55. The summed E-state index contributed by atoms with van der Waals surface area (Å²) in [5.74, 6) is 0. The number of ether oxygens (including phenoxy) is 2. The lowest BCUT2D eigenvalue weighted by molar-refractivity contribution is -0.0419. The Balaban J connectivity index is 2.29. The first-order valence-corrected chi connectivity index (χ1v) is 7.54. The first-order valence-electron chi connectivity index (χ1n) is 6.02. The molecule has 0 saturated heterocycles. The minimum atomic E-state index is 0.185. The molecule has 0 spiro atoms. The molecular weight excluding hydrogens is 303 g/mol. The second-order valence-electron chi connectivity index (χ2n) is 4.43. The predicted octanol–water partition coefficient (Wildman–Crippen LogP) is 3.57. The Labute approximate surface area is 107 Å². The molecule has 1 aliphatic rings. The highest BCUT2D eigenvalue weighted by atomic mass is 127. The summed E-state index contributed by atoms with van der Waals surface area (Å²) in [5.41, 5.74) is 0.185. The highest BCUT2D eigenvalue weighted by Gasteiger charge is 2.30. The van der Waals surface area contributed by atoms with Crippen LogP contribution in [0.1, 0.15) is 44.9 Å². The maximum absolute atomic E-state index is 6.11. The van der Waals surface area contributed by atoms with Gasteiger partial charge in [0.15, 0.2) is 0 Å². The van der Waals surface area contributed by atoms with E-state index in [4.69, 9.17) is 9.47 Å². The van der Waals surface area contributed by atoms with Gasteiger partial charge in [0.05, 0.1) is 5.60 Å². The zero-order valence-electron chi connectivity index (χ0n) is 9.77. The molecule has 1 aliphatic carbocycles. The van der Waals surface area contributed by atoms with Gasteiger partial charge in [-0.05, 0) is 19.3 Å². The maximum atomic E-state index is 6.11. The zero-order chi connectivity index (χ0) is 11.0. The average Bonchev–Trinajstić information content (AvgIpc) is 2.51. The van der Waals surface area contributed by atoms with Crippen molar-refractivity contribution in [3.8, 4) is 0 Å². The molecule has 0 bridgehead atoms. The van der Waals surface area contributed by atoms with Gasteiger partial charge in [-0.2, -0.15) is 0 Å². The van der Waals surface area contributed by atoms with E-state index in [0.717, 1.165) is 24.1 Å². The maximum Gasteiger partial charge on any atom is 0.0771 e. The highest BCUT2D eigenvalue weighted by molar-refractivity contribution is 14.1. The Morgan fingerprint density at radius 1 is 1.07 bits per heavy atom. The van der Waals surface area contributed by atoms with Crippen molar-refractivity contribution in [2.45, 2.75) is 50.5 Å². The second kappa shape index (κ2) is 7.85. The minimum Gasteiger partial charge on any atom is -0.385 e. The fourth-order valence-electron chi connectivity index (χ4n) is 2.18. The van der Waals surface area contributed by atoms with Crippen LogP contribution in [-0.4, -0.2) is 30.4 Å². The fourth-order valence-corrected chi connectivity index (χ4v) is 3.16. The summed E-state index contributed by atoms with van der Waals surface area (Å²) in [6.07, 6.45) is 8.99. The van der Waals surface area contributed by atoms with E-state index in [9.17, 15) is 0 Å². The van der Waals surface area contributed by atoms with E-state index in [1.807, 2.05) is 0 Å². The van der Waals surface area contributed by atoms with Crippen LogP contribution in [-0.2, 0) is 9.47 Å². The van der Waals surface area contributed by atoms with Crippen LogP contribution in [0, 0.1) is 0 Å².